The van der Waals surface area contributed by atoms with Gasteiger partial charge in [0.25, 0.3) is 0 Å². The molecule has 0 atom stereocenters. The van der Waals surface area contributed by atoms with Crippen molar-refractivity contribution in [2.75, 3.05) is 0 Å². The highest BCUT2D eigenvalue weighted by Crippen LogP contribution is 2.44. The maximum absolute atomic E-state index is 10.8. The van der Waals surface area contributed by atoms with E-state index in [4.69, 9.17) is 0 Å². The van der Waals surface area contributed by atoms with Gasteiger partial charge in [0, 0.05) is 28.2 Å². The Morgan fingerprint density at radius 2 is 0.842 bits per heavy atom. The van der Waals surface area contributed by atoms with Crippen LogP contribution in [0.15, 0.2) is 97.1 Å². The highest BCUT2D eigenvalue weighted by molar-refractivity contribution is 5.78. The molecule has 0 saturated carbocycles. The summed E-state index contributed by atoms with van der Waals surface area (Å²) >= 11 is 0. The number of phenolic OH excluding ortho intramolecular Hbond substituents is 4. The van der Waals surface area contributed by atoms with Crippen LogP contribution in [-0.2, 0) is 0 Å². The van der Waals surface area contributed by atoms with Crippen LogP contribution in [0.4, 0.5) is 0 Å². The zero-order valence-corrected chi connectivity index (χ0v) is 21.6. The van der Waals surface area contributed by atoms with Crippen molar-refractivity contribution in [3.8, 4) is 45.3 Å². The minimum Gasteiger partial charge on any atom is -0.507 e. The molecule has 0 aliphatic rings. The van der Waals surface area contributed by atoms with Gasteiger partial charge in [0.05, 0.1) is 0 Å². The normalized spacial score (nSPS) is 11.2. The van der Waals surface area contributed by atoms with E-state index in [0.717, 1.165) is 27.8 Å². The summed E-state index contributed by atoms with van der Waals surface area (Å²) in [6, 6.07) is 29.2. The van der Waals surface area contributed by atoms with Gasteiger partial charge in [-0.05, 0) is 85.0 Å². The van der Waals surface area contributed by atoms with E-state index in [-0.39, 0.29) is 28.9 Å². The van der Waals surface area contributed by atoms with Gasteiger partial charge in [-0.3, -0.25) is 0 Å². The zero-order chi connectivity index (χ0) is 27.0. The summed E-state index contributed by atoms with van der Waals surface area (Å²) in [4.78, 5) is 0. The molecule has 0 radical (unpaired) electrons. The lowest BCUT2D eigenvalue weighted by atomic mass is 9.79. The average molecular weight is 503 g/mol. The molecular weight excluding hydrogens is 472 g/mol. The second-order valence-electron chi connectivity index (χ2n) is 9.83. The number of phenols is 4. The van der Waals surface area contributed by atoms with Gasteiger partial charge in [0.15, 0.2) is 0 Å². The second kappa shape index (κ2) is 9.98. The number of benzene rings is 5. The third-order valence-electron chi connectivity index (χ3n) is 7.12. The van der Waals surface area contributed by atoms with E-state index in [1.54, 1.807) is 48.5 Å². The molecule has 190 valence electrons. The lowest BCUT2D eigenvalue weighted by molar-refractivity contribution is 0.468. The maximum atomic E-state index is 10.8. The first-order chi connectivity index (χ1) is 18.2. The quantitative estimate of drug-likeness (QED) is 0.184. The van der Waals surface area contributed by atoms with Crippen molar-refractivity contribution < 1.29 is 20.4 Å². The van der Waals surface area contributed by atoms with E-state index >= 15 is 0 Å². The molecule has 38 heavy (non-hydrogen) atoms. The summed E-state index contributed by atoms with van der Waals surface area (Å²) in [7, 11) is 0. The Kier molecular flexibility index (Phi) is 6.56. The van der Waals surface area contributed by atoms with Crippen LogP contribution >= 0.6 is 0 Å². The van der Waals surface area contributed by atoms with Gasteiger partial charge in [-0.25, -0.2) is 0 Å². The molecule has 0 saturated heterocycles. The van der Waals surface area contributed by atoms with Crippen LogP contribution in [0.2, 0.25) is 0 Å². The van der Waals surface area contributed by atoms with Crippen molar-refractivity contribution in [2.45, 2.75) is 26.7 Å². The van der Waals surface area contributed by atoms with Crippen LogP contribution in [0.1, 0.15) is 39.3 Å². The van der Waals surface area contributed by atoms with Crippen LogP contribution in [0.5, 0.6) is 23.0 Å². The Morgan fingerprint density at radius 1 is 0.447 bits per heavy atom. The SMILES string of the molecule is Cc1cc(C)c(C(c2ccc(O)c(-c3ccccc3O)c2)c2ccc(O)c(-c3ccccc3O)c2)c(C)c1. The smallest absolute Gasteiger partial charge is 0.123 e. The molecule has 5 aromatic rings. The summed E-state index contributed by atoms with van der Waals surface area (Å²) < 4.78 is 0. The Morgan fingerprint density at radius 3 is 1.26 bits per heavy atom. The van der Waals surface area contributed by atoms with Crippen molar-refractivity contribution in [1.29, 1.82) is 0 Å². The molecule has 4 heteroatoms. The summed E-state index contributed by atoms with van der Waals surface area (Å²) in [5, 5.41) is 42.6. The predicted molar refractivity (Wildman–Crippen MR) is 152 cm³/mol. The van der Waals surface area contributed by atoms with Crippen LogP contribution in [0.25, 0.3) is 22.3 Å². The monoisotopic (exact) mass is 502 g/mol. The van der Waals surface area contributed by atoms with Crippen molar-refractivity contribution >= 4 is 0 Å². The van der Waals surface area contributed by atoms with E-state index in [2.05, 4.69) is 32.9 Å². The predicted octanol–water partition coefficient (Wildman–Crippen LogP) is 7.95. The van der Waals surface area contributed by atoms with E-state index in [1.807, 2.05) is 36.4 Å². The van der Waals surface area contributed by atoms with E-state index in [0.29, 0.717) is 22.3 Å². The number of aryl methyl sites for hydroxylation is 3. The van der Waals surface area contributed by atoms with Gasteiger partial charge < -0.3 is 20.4 Å². The molecule has 0 heterocycles. The summed E-state index contributed by atoms with van der Waals surface area (Å²) in [5.74, 6) is 0.0845. The fourth-order valence-corrected chi connectivity index (χ4v) is 5.47. The lowest BCUT2D eigenvalue weighted by Gasteiger charge is -2.25. The number of para-hydroxylation sites is 2. The fraction of sp³-hybridized carbons (Fsp3) is 0.118. The standard InChI is InChI=1S/C34H30O4/c1-20-16-21(2)33(22(3)17-20)34(23-12-14-31(37)27(18-23)25-8-4-6-10-29(25)35)24-13-15-32(38)28(19-24)26-9-5-7-11-30(26)36/h4-19,34-38H,1-3H3. The molecule has 5 aromatic carbocycles. The number of aromatic hydroxyl groups is 4. The fourth-order valence-electron chi connectivity index (χ4n) is 5.47. The van der Waals surface area contributed by atoms with Crippen LogP contribution in [-0.4, -0.2) is 20.4 Å². The minimum atomic E-state index is -0.244. The molecule has 0 fully saturated rings. The first-order valence-corrected chi connectivity index (χ1v) is 12.5. The molecule has 0 aliphatic heterocycles. The van der Waals surface area contributed by atoms with Gasteiger partial charge in [-0.15, -0.1) is 0 Å². The molecular formula is C34H30O4. The third-order valence-corrected chi connectivity index (χ3v) is 7.12. The Labute approximate surface area is 222 Å². The van der Waals surface area contributed by atoms with Gasteiger partial charge >= 0.3 is 0 Å². The largest absolute Gasteiger partial charge is 0.507 e. The first kappa shape index (κ1) is 25.0. The molecule has 0 unspecified atom stereocenters. The molecule has 0 aromatic heterocycles. The molecule has 0 bridgehead atoms. The molecule has 4 N–H and O–H groups in total. The van der Waals surface area contributed by atoms with Gasteiger partial charge in [-0.1, -0.05) is 66.2 Å². The first-order valence-electron chi connectivity index (χ1n) is 12.5. The van der Waals surface area contributed by atoms with Crippen LogP contribution in [0.3, 0.4) is 0 Å². The minimum absolute atomic E-state index is 0.0759. The van der Waals surface area contributed by atoms with Gasteiger partial charge in [-0.2, -0.15) is 0 Å². The Hall–Kier alpha value is -4.70. The van der Waals surface area contributed by atoms with Crippen LogP contribution in [0, 0.1) is 20.8 Å². The maximum Gasteiger partial charge on any atom is 0.123 e. The van der Waals surface area contributed by atoms with E-state index in [1.165, 1.54) is 5.56 Å². The van der Waals surface area contributed by atoms with E-state index in [9.17, 15) is 20.4 Å². The Bertz CT molecular complexity index is 1530. The summed E-state index contributed by atoms with van der Waals surface area (Å²) in [5.41, 5.74) is 8.55. The van der Waals surface area contributed by atoms with Gasteiger partial charge in [0.2, 0.25) is 0 Å². The second-order valence-corrected chi connectivity index (χ2v) is 9.83. The lowest BCUT2D eigenvalue weighted by Crippen LogP contribution is -2.08. The van der Waals surface area contributed by atoms with Crippen molar-refractivity contribution in [1.82, 2.24) is 0 Å². The highest BCUT2D eigenvalue weighted by atomic mass is 16.3. The summed E-state index contributed by atoms with van der Waals surface area (Å²) in [6.07, 6.45) is 0. The number of hydrogen-bond donors (Lipinski definition) is 4. The van der Waals surface area contributed by atoms with Crippen molar-refractivity contribution in [3.05, 3.63) is 130 Å². The van der Waals surface area contributed by atoms with Crippen LogP contribution < -0.4 is 0 Å². The molecule has 5 rings (SSSR count). The number of rotatable bonds is 5. The average Bonchev–Trinajstić information content (AvgIpc) is 2.88. The van der Waals surface area contributed by atoms with Gasteiger partial charge in [0.1, 0.15) is 23.0 Å². The molecule has 4 nitrogen and oxygen atoms in total. The van der Waals surface area contributed by atoms with Crippen molar-refractivity contribution in [2.24, 2.45) is 0 Å². The third kappa shape index (κ3) is 4.57. The van der Waals surface area contributed by atoms with Crippen molar-refractivity contribution in [3.63, 3.8) is 0 Å². The zero-order valence-electron chi connectivity index (χ0n) is 21.6. The molecule has 0 spiro atoms. The van der Waals surface area contributed by atoms with E-state index < -0.39 is 0 Å². The highest BCUT2D eigenvalue weighted by Gasteiger charge is 2.24. The number of hydrogen-bond acceptors (Lipinski definition) is 4. The Balaban J connectivity index is 1.78. The topological polar surface area (TPSA) is 80.9 Å². The molecule has 0 amide bonds. The molecule has 0 aliphatic carbocycles. The summed E-state index contributed by atoms with van der Waals surface area (Å²) in [6.45, 7) is 6.26.